The lowest BCUT2D eigenvalue weighted by Gasteiger charge is -2.20. The second-order valence-corrected chi connectivity index (χ2v) is 10.4. The van der Waals surface area contributed by atoms with Crippen LogP contribution in [0.1, 0.15) is 54.9 Å². The predicted octanol–water partition coefficient (Wildman–Crippen LogP) is 7.66. The molecule has 0 radical (unpaired) electrons. The van der Waals surface area contributed by atoms with Gasteiger partial charge in [0, 0.05) is 64.3 Å². The maximum atomic E-state index is 11.1. The number of hydrogen-bond donors (Lipinski definition) is 2. The van der Waals surface area contributed by atoms with Crippen LogP contribution in [0, 0.1) is 5.92 Å². The molecule has 0 saturated carbocycles. The van der Waals surface area contributed by atoms with Crippen molar-refractivity contribution in [1.82, 2.24) is 0 Å². The van der Waals surface area contributed by atoms with Crippen LogP contribution in [0.4, 0.5) is 22.7 Å². The van der Waals surface area contributed by atoms with E-state index < -0.39 is 5.60 Å². The number of nitrogens with zero attached hydrogens (tertiary/aromatic N) is 2. The van der Waals surface area contributed by atoms with Crippen molar-refractivity contribution in [2.75, 3.05) is 49.9 Å². The Morgan fingerprint density at radius 1 is 1.14 bits per heavy atom. The van der Waals surface area contributed by atoms with Gasteiger partial charge in [0.15, 0.2) is 0 Å². The van der Waals surface area contributed by atoms with Crippen LogP contribution >= 0.6 is 11.9 Å². The molecule has 1 amide bonds. The Kier molecular flexibility index (Phi) is 17.4. The molecular weight excluding hydrogens is 484 g/mol. The number of hydrogen-bond acceptors (Lipinski definition) is 7. The summed E-state index contributed by atoms with van der Waals surface area (Å²) in [5.74, 6) is 0.807. The third kappa shape index (κ3) is 15.3. The number of rotatable bonds is 10. The normalized spacial score (nSPS) is 10.8. The van der Waals surface area contributed by atoms with Gasteiger partial charge in [-0.05, 0) is 81.1 Å². The third-order valence-electron chi connectivity index (χ3n) is 5.18. The number of methoxy groups -OCH3 is 2. The first kappa shape index (κ1) is 34.5. The number of carbonyl (C=O) groups excluding carboxylic acids is 1. The van der Waals surface area contributed by atoms with Gasteiger partial charge in [-0.25, -0.2) is 0 Å². The van der Waals surface area contributed by atoms with Crippen molar-refractivity contribution >= 4 is 46.8 Å². The molecule has 208 valence electrons. The minimum atomic E-state index is -0.433. The number of benzene rings is 2. The fourth-order valence-corrected chi connectivity index (χ4v) is 3.12. The standard InChI is InChI=1S/C21H28N4O2S.C5H12.C3H8O/c1-15(26)24-16-7-10-18(11-8-16)28-25(5)17-9-12-19(22-4)20(13-17)23-14-21(2,3)27-6;1-4-5(2)3;1-3-4-2/h7-14,22H,1-6H3,(H,24,26);5H,4H2,1-3H3;3H2,1-2H3. The molecular formula is C29H48N4O3S. The summed E-state index contributed by atoms with van der Waals surface area (Å²) in [6.45, 7) is 14.8. The fourth-order valence-electron chi connectivity index (χ4n) is 2.33. The van der Waals surface area contributed by atoms with E-state index in [4.69, 9.17) is 4.74 Å². The molecule has 8 heteroatoms. The molecule has 0 unspecified atom stereocenters. The first-order valence-electron chi connectivity index (χ1n) is 12.6. The summed E-state index contributed by atoms with van der Waals surface area (Å²) in [5, 5.41) is 5.95. The Bertz CT molecular complexity index is 929. The number of anilines is 3. The molecule has 0 aliphatic carbocycles. The molecule has 0 spiro atoms. The van der Waals surface area contributed by atoms with Crippen molar-refractivity contribution in [1.29, 1.82) is 0 Å². The Labute approximate surface area is 229 Å². The first-order valence-corrected chi connectivity index (χ1v) is 13.4. The van der Waals surface area contributed by atoms with Crippen LogP contribution in [0.15, 0.2) is 52.4 Å². The van der Waals surface area contributed by atoms with Gasteiger partial charge in [0.1, 0.15) is 0 Å². The molecule has 37 heavy (non-hydrogen) atoms. The average molecular weight is 533 g/mol. The van der Waals surface area contributed by atoms with Gasteiger partial charge in [-0.2, -0.15) is 0 Å². The highest BCUT2D eigenvalue weighted by atomic mass is 32.2. The molecule has 7 nitrogen and oxygen atoms in total. The second-order valence-electron chi connectivity index (χ2n) is 9.19. The van der Waals surface area contributed by atoms with Gasteiger partial charge < -0.3 is 24.4 Å². The average Bonchev–Trinajstić information content (AvgIpc) is 2.88. The zero-order valence-corrected chi connectivity index (χ0v) is 25.5. The fraction of sp³-hybridized carbons (Fsp3) is 0.517. The van der Waals surface area contributed by atoms with Gasteiger partial charge in [0.2, 0.25) is 5.91 Å². The van der Waals surface area contributed by atoms with Gasteiger partial charge in [0.05, 0.1) is 17.0 Å². The summed E-state index contributed by atoms with van der Waals surface area (Å²) in [6.07, 6.45) is 3.11. The number of ether oxygens (including phenoxy) is 2. The maximum Gasteiger partial charge on any atom is 0.221 e. The van der Waals surface area contributed by atoms with E-state index in [1.807, 2.05) is 77.3 Å². The second kappa shape index (κ2) is 18.7. The van der Waals surface area contributed by atoms with Crippen molar-refractivity contribution in [3.8, 4) is 0 Å². The van der Waals surface area contributed by atoms with Crippen LogP contribution < -0.4 is 14.9 Å². The predicted molar refractivity (Wildman–Crippen MR) is 163 cm³/mol. The summed E-state index contributed by atoms with van der Waals surface area (Å²) < 4.78 is 12.0. The molecule has 0 bridgehead atoms. The SMILES string of the molecule is CCC(C)C.CCOC.CNc1ccc(N(C)Sc2ccc(NC(C)=O)cc2)cc1N=CC(C)(C)OC. The van der Waals surface area contributed by atoms with Crippen LogP contribution in [0.25, 0.3) is 0 Å². The molecule has 0 heterocycles. The molecule has 2 aromatic carbocycles. The molecule has 0 aliphatic rings. The highest BCUT2D eigenvalue weighted by Crippen LogP contribution is 2.34. The van der Waals surface area contributed by atoms with Crippen molar-refractivity contribution in [3.05, 3.63) is 42.5 Å². The molecule has 0 fully saturated rings. The Morgan fingerprint density at radius 2 is 1.70 bits per heavy atom. The molecule has 0 saturated heterocycles. The number of nitrogens with one attached hydrogen (secondary N) is 2. The van der Waals surface area contributed by atoms with Crippen LogP contribution in [-0.2, 0) is 14.3 Å². The smallest absolute Gasteiger partial charge is 0.221 e. The van der Waals surface area contributed by atoms with E-state index in [9.17, 15) is 4.79 Å². The number of aliphatic imine (C=N–C) groups is 1. The third-order valence-corrected chi connectivity index (χ3v) is 6.14. The molecule has 2 aromatic rings. The molecule has 0 atom stereocenters. The number of carbonyl (C=O) groups is 1. The lowest BCUT2D eigenvalue weighted by Crippen LogP contribution is -2.23. The monoisotopic (exact) mass is 532 g/mol. The van der Waals surface area contributed by atoms with Crippen LogP contribution in [-0.4, -0.2) is 52.6 Å². The van der Waals surface area contributed by atoms with E-state index in [-0.39, 0.29) is 5.91 Å². The van der Waals surface area contributed by atoms with Gasteiger partial charge in [-0.3, -0.25) is 9.79 Å². The van der Waals surface area contributed by atoms with E-state index in [2.05, 4.69) is 45.4 Å². The zero-order valence-electron chi connectivity index (χ0n) is 24.6. The van der Waals surface area contributed by atoms with Crippen molar-refractivity contribution < 1.29 is 14.3 Å². The van der Waals surface area contributed by atoms with Gasteiger partial charge in [-0.1, -0.05) is 27.2 Å². The summed E-state index contributed by atoms with van der Waals surface area (Å²) in [4.78, 5) is 16.8. The quantitative estimate of drug-likeness (QED) is 0.242. The van der Waals surface area contributed by atoms with Crippen molar-refractivity contribution in [2.24, 2.45) is 10.9 Å². The Balaban J connectivity index is 0.00000124. The minimum absolute atomic E-state index is 0.0770. The largest absolute Gasteiger partial charge is 0.386 e. The molecule has 0 aliphatic heterocycles. The lowest BCUT2D eigenvalue weighted by molar-refractivity contribution is -0.114. The van der Waals surface area contributed by atoms with Gasteiger partial charge in [-0.15, -0.1) is 0 Å². The number of amides is 1. The summed E-state index contributed by atoms with van der Waals surface area (Å²) >= 11 is 1.60. The maximum absolute atomic E-state index is 11.1. The highest BCUT2D eigenvalue weighted by Gasteiger charge is 2.13. The van der Waals surface area contributed by atoms with Gasteiger partial charge in [0.25, 0.3) is 0 Å². The van der Waals surface area contributed by atoms with Crippen molar-refractivity contribution in [3.63, 3.8) is 0 Å². The highest BCUT2D eigenvalue weighted by molar-refractivity contribution is 8.00. The van der Waals surface area contributed by atoms with E-state index in [1.54, 1.807) is 32.4 Å². The van der Waals surface area contributed by atoms with E-state index in [1.165, 1.54) is 13.3 Å². The molecule has 2 N–H and O–H groups in total. The van der Waals surface area contributed by atoms with Crippen LogP contribution in [0.2, 0.25) is 0 Å². The van der Waals surface area contributed by atoms with Crippen LogP contribution in [0.3, 0.4) is 0 Å². The first-order chi connectivity index (χ1) is 17.4. The van der Waals surface area contributed by atoms with E-state index in [0.717, 1.165) is 40.2 Å². The Morgan fingerprint density at radius 3 is 2.14 bits per heavy atom. The van der Waals surface area contributed by atoms with Gasteiger partial charge >= 0.3 is 0 Å². The minimum Gasteiger partial charge on any atom is -0.386 e. The lowest BCUT2D eigenvalue weighted by atomic mass is 10.1. The molecule has 2 rings (SSSR count). The zero-order chi connectivity index (χ0) is 28.4. The topological polar surface area (TPSA) is 75.2 Å². The molecule has 0 aromatic heterocycles. The summed E-state index contributed by atoms with van der Waals surface area (Å²) in [6, 6.07) is 13.8. The van der Waals surface area contributed by atoms with Crippen molar-refractivity contribution in [2.45, 2.75) is 65.4 Å². The van der Waals surface area contributed by atoms with E-state index >= 15 is 0 Å². The summed E-state index contributed by atoms with van der Waals surface area (Å²) in [7, 11) is 7.24. The van der Waals surface area contributed by atoms with Crippen LogP contribution in [0.5, 0.6) is 0 Å². The van der Waals surface area contributed by atoms with E-state index in [0.29, 0.717) is 0 Å². The summed E-state index contributed by atoms with van der Waals surface area (Å²) in [5.41, 5.74) is 3.17. The Hall–Kier alpha value is -2.55.